The SMILES string of the molecule is C=C[C@H]1C[N+]2(Cc3ccc(Cl)c(Cl)c3)CC[C@H]1C[C@@H]2[C@@H](O)c1ccnc2ccccc12.[Cl-]. The van der Waals surface area contributed by atoms with Gasteiger partial charge in [-0.2, -0.15) is 0 Å². The van der Waals surface area contributed by atoms with E-state index < -0.39 is 6.10 Å². The second-order valence-corrected chi connectivity index (χ2v) is 9.96. The molecule has 5 atom stereocenters. The van der Waals surface area contributed by atoms with E-state index in [-0.39, 0.29) is 18.4 Å². The molecule has 3 aromatic rings. The molecule has 3 fully saturated rings. The van der Waals surface area contributed by atoms with Crippen molar-refractivity contribution in [3.8, 4) is 0 Å². The molecule has 0 aliphatic carbocycles. The third kappa shape index (κ3) is 4.06. The van der Waals surface area contributed by atoms with Crippen molar-refractivity contribution in [3.63, 3.8) is 0 Å². The van der Waals surface area contributed by atoms with Crippen molar-refractivity contribution in [1.29, 1.82) is 0 Å². The molecule has 2 aromatic carbocycles. The highest BCUT2D eigenvalue weighted by atomic mass is 35.5. The van der Waals surface area contributed by atoms with E-state index in [1.807, 2.05) is 42.6 Å². The van der Waals surface area contributed by atoms with Crippen molar-refractivity contribution in [2.75, 3.05) is 13.1 Å². The van der Waals surface area contributed by atoms with Crippen LogP contribution in [0.4, 0.5) is 0 Å². The molecule has 1 aromatic heterocycles. The van der Waals surface area contributed by atoms with Crippen LogP contribution in [0.1, 0.15) is 30.1 Å². The fraction of sp³-hybridized carbons (Fsp3) is 0.346. The van der Waals surface area contributed by atoms with Crippen molar-refractivity contribution in [3.05, 3.63) is 88.6 Å². The Hall–Kier alpha value is -1.62. The number of rotatable bonds is 5. The predicted octanol–water partition coefficient (Wildman–Crippen LogP) is 3.19. The Morgan fingerprint density at radius 1 is 1.16 bits per heavy atom. The Kier molecular flexibility index (Phi) is 6.86. The van der Waals surface area contributed by atoms with Crippen LogP contribution in [0.3, 0.4) is 0 Å². The van der Waals surface area contributed by atoms with E-state index in [1.165, 1.54) is 6.42 Å². The van der Waals surface area contributed by atoms with Gasteiger partial charge in [0.1, 0.15) is 18.7 Å². The second-order valence-electron chi connectivity index (χ2n) is 9.14. The number of quaternary nitrogens is 1. The molecule has 32 heavy (non-hydrogen) atoms. The number of aliphatic hydroxyl groups is 1. The van der Waals surface area contributed by atoms with E-state index in [1.54, 1.807) is 0 Å². The number of hydrogen-bond donors (Lipinski definition) is 1. The zero-order chi connectivity index (χ0) is 21.6. The monoisotopic (exact) mass is 488 g/mol. The number of hydrogen-bond acceptors (Lipinski definition) is 2. The number of aromatic nitrogens is 1. The molecule has 2 bridgehead atoms. The summed E-state index contributed by atoms with van der Waals surface area (Å²) in [6, 6.07) is 16.1. The Morgan fingerprint density at radius 2 is 1.97 bits per heavy atom. The van der Waals surface area contributed by atoms with E-state index in [2.05, 4.69) is 29.8 Å². The quantitative estimate of drug-likeness (QED) is 0.441. The molecule has 0 saturated carbocycles. The molecule has 6 heteroatoms. The Morgan fingerprint density at radius 3 is 2.75 bits per heavy atom. The van der Waals surface area contributed by atoms with Crippen molar-refractivity contribution in [2.45, 2.75) is 31.5 Å². The van der Waals surface area contributed by atoms with Crippen LogP contribution in [-0.2, 0) is 6.54 Å². The molecule has 0 radical (unpaired) electrons. The van der Waals surface area contributed by atoms with Gasteiger partial charge in [-0.3, -0.25) is 4.98 Å². The first kappa shape index (κ1) is 23.5. The number of halogens is 3. The number of aliphatic hydroxyl groups excluding tert-OH is 1. The standard InChI is InChI=1S/C26H27Cl2N2O.ClH/c1-2-18-16-30(15-17-7-8-22(27)23(28)13-17)12-10-19(18)14-25(30)26(31)21-9-11-29-24-6-4-3-5-20(21)24;/h2-9,11,13,18-19,25-26,31H,1,10,12,14-16H2;1H/q+1;/p-1/t18-,19-,25+,26-,30?;/m0./s1. The topological polar surface area (TPSA) is 33.1 Å². The van der Waals surface area contributed by atoms with Crippen LogP contribution in [0.5, 0.6) is 0 Å². The van der Waals surface area contributed by atoms with Crippen molar-refractivity contribution < 1.29 is 22.0 Å². The first-order valence-electron chi connectivity index (χ1n) is 10.9. The molecule has 0 spiro atoms. The summed E-state index contributed by atoms with van der Waals surface area (Å²) in [5.41, 5.74) is 3.06. The minimum absolute atomic E-state index is 0. The lowest BCUT2D eigenvalue weighted by Crippen LogP contribution is -3.00. The predicted molar refractivity (Wildman–Crippen MR) is 127 cm³/mol. The highest BCUT2D eigenvalue weighted by Crippen LogP contribution is 2.48. The van der Waals surface area contributed by atoms with E-state index in [0.29, 0.717) is 21.9 Å². The van der Waals surface area contributed by atoms with Gasteiger partial charge < -0.3 is 22.0 Å². The van der Waals surface area contributed by atoms with Gasteiger partial charge in [-0.1, -0.05) is 53.5 Å². The van der Waals surface area contributed by atoms with E-state index in [4.69, 9.17) is 23.2 Å². The van der Waals surface area contributed by atoms with Gasteiger partial charge in [-0.15, -0.1) is 6.58 Å². The average molecular weight is 490 g/mol. The van der Waals surface area contributed by atoms with Gasteiger partial charge in [0.15, 0.2) is 0 Å². The molecule has 3 aliphatic rings. The summed E-state index contributed by atoms with van der Waals surface area (Å²) in [5, 5.41) is 13.9. The van der Waals surface area contributed by atoms with Crippen LogP contribution < -0.4 is 12.4 Å². The average Bonchev–Trinajstić information content (AvgIpc) is 2.80. The number of para-hydroxylation sites is 1. The lowest BCUT2D eigenvalue weighted by Gasteiger charge is -2.58. The smallest absolute Gasteiger partial charge is 0.131 e. The van der Waals surface area contributed by atoms with Gasteiger partial charge >= 0.3 is 0 Å². The molecule has 6 rings (SSSR count). The van der Waals surface area contributed by atoms with Gasteiger partial charge in [-0.05, 0) is 35.7 Å². The molecule has 168 valence electrons. The van der Waals surface area contributed by atoms with E-state index in [9.17, 15) is 5.11 Å². The van der Waals surface area contributed by atoms with Gasteiger partial charge in [0.05, 0.1) is 28.7 Å². The number of piperidine rings is 3. The van der Waals surface area contributed by atoms with Crippen molar-refractivity contribution in [1.82, 2.24) is 4.98 Å². The summed E-state index contributed by atoms with van der Waals surface area (Å²) < 4.78 is 0.850. The van der Waals surface area contributed by atoms with Gasteiger partial charge in [0, 0.05) is 35.9 Å². The molecule has 0 amide bonds. The molecular weight excluding hydrogens is 463 g/mol. The molecule has 1 N–H and O–H groups in total. The molecule has 3 nitrogen and oxygen atoms in total. The van der Waals surface area contributed by atoms with E-state index >= 15 is 0 Å². The largest absolute Gasteiger partial charge is 1.00 e. The normalized spacial score (nSPS) is 27.7. The first-order chi connectivity index (χ1) is 15.0. The Bertz CT molecular complexity index is 1130. The summed E-state index contributed by atoms with van der Waals surface area (Å²) >= 11 is 12.5. The second kappa shape index (κ2) is 9.32. The third-order valence-corrected chi connectivity index (χ3v) is 8.26. The third-order valence-electron chi connectivity index (χ3n) is 7.52. The fourth-order valence-corrected chi connectivity index (χ4v) is 6.29. The zero-order valence-corrected chi connectivity index (χ0v) is 20.1. The summed E-state index contributed by atoms with van der Waals surface area (Å²) in [7, 11) is 0. The molecule has 4 heterocycles. The van der Waals surface area contributed by atoms with Gasteiger partial charge in [0.25, 0.3) is 0 Å². The van der Waals surface area contributed by atoms with Crippen molar-refractivity contribution in [2.24, 2.45) is 11.8 Å². The Balaban J connectivity index is 0.00000245. The summed E-state index contributed by atoms with van der Waals surface area (Å²) in [4.78, 5) is 4.49. The maximum Gasteiger partial charge on any atom is 0.131 e. The minimum atomic E-state index is -0.552. The highest BCUT2D eigenvalue weighted by molar-refractivity contribution is 6.42. The highest BCUT2D eigenvalue weighted by Gasteiger charge is 2.54. The lowest BCUT2D eigenvalue weighted by atomic mass is 9.71. The van der Waals surface area contributed by atoms with Crippen LogP contribution in [-0.4, -0.2) is 33.7 Å². The summed E-state index contributed by atoms with van der Waals surface area (Å²) in [6.45, 7) is 7.00. The van der Waals surface area contributed by atoms with Crippen LogP contribution in [0, 0.1) is 11.8 Å². The van der Waals surface area contributed by atoms with Crippen LogP contribution in [0.2, 0.25) is 10.0 Å². The molecule has 1 unspecified atom stereocenters. The molecular formula is C26H27Cl3N2O. The lowest BCUT2D eigenvalue weighted by molar-refractivity contribution is -0.984. The number of benzene rings is 2. The fourth-order valence-electron chi connectivity index (χ4n) is 5.97. The Labute approximate surface area is 205 Å². The minimum Gasteiger partial charge on any atom is -1.00 e. The maximum absolute atomic E-state index is 11.7. The van der Waals surface area contributed by atoms with Crippen molar-refractivity contribution >= 4 is 34.1 Å². The van der Waals surface area contributed by atoms with Crippen LogP contribution in [0.25, 0.3) is 10.9 Å². The van der Waals surface area contributed by atoms with Gasteiger partial charge in [0.2, 0.25) is 0 Å². The first-order valence-corrected chi connectivity index (χ1v) is 11.7. The van der Waals surface area contributed by atoms with E-state index in [0.717, 1.165) is 52.6 Å². The summed E-state index contributed by atoms with van der Waals surface area (Å²) in [6.07, 6.45) is 5.54. The maximum atomic E-state index is 11.7. The van der Waals surface area contributed by atoms with Crippen LogP contribution >= 0.6 is 23.2 Å². The van der Waals surface area contributed by atoms with Gasteiger partial charge in [-0.25, -0.2) is 0 Å². The molecule has 3 aliphatic heterocycles. The summed E-state index contributed by atoms with van der Waals surface area (Å²) in [5.74, 6) is 1.06. The number of nitrogens with zero attached hydrogens (tertiary/aromatic N) is 2. The molecule has 3 saturated heterocycles. The van der Waals surface area contributed by atoms with Crippen LogP contribution in [0.15, 0.2) is 67.4 Å². The number of fused-ring (bicyclic) bond motifs is 4. The zero-order valence-electron chi connectivity index (χ0n) is 17.8. The number of pyridine rings is 1.